The van der Waals surface area contributed by atoms with Crippen molar-refractivity contribution in [2.24, 2.45) is 11.7 Å². The summed E-state index contributed by atoms with van der Waals surface area (Å²) in [6, 6.07) is 0. The van der Waals surface area contributed by atoms with E-state index in [-0.39, 0.29) is 11.1 Å². The summed E-state index contributed by atoms with van der Waals surface area (Å²) in [5.74, 6) is 1.35. The molecule has 23 heavy (non-hydrogen) atoms. The average Bonchev–Trinajstić information content (AvgIpc) is 2.56. The Balaban J connectivity index is 1.83. The highest BCUT2D eigenvalue weighted by atomic mass is 16.1. The molecule has 3 aliphatic rings. The molecule has 1 aromatic heterocycles. The van der Waals surface area contributed by atoms with Gasteiger partial charge in [0.15, 0.2) is 0 Å². The van der Waals surface area contributed by atoms with Crippen molar-refractivity contribution in [3.05, 3.63) is 24.0 Å². The topological polar surface area (TPSA) is 92.9 Å². The second kappa shape index (κ2) is 6.18. The summed E-state index contributed by atoms with van der Waals surface area (Å²) < 4.78 is 0. The maximum Gasteiger partial charge on any atom is 0.254 e. The second-order valence-corrected chi connectivity index (χ2v) is 6.79. The number of carbonyl (C=O) groups excluding carboxylic acids is 1. The first-order valence-electron chi connectivity index (χ1n) is 8.41. The molecule has 124 valence electrons. The average molecular weight is 315 g/mol. The van der Waals surface area contributed by atoms with Gasteiger partial charge in [0.05, 0.1) is 0 Å². The molecule has 0 spiro atoms. The van der Waals surface area contributed by atoms with Crippen LogP contribution in [-0.4, -0.2) is 21.4 Å². The van der Waals surface area contributed by atoms with Crippen LogP contribution in [0.3, 0.4) is 0 Å². The second-order valence-electron chi connectivity index (χ2n) is 6.79. The number of carbonyl (C=O) groups is 1. The third-order valence-electron chi connectivity index (χ3n) is 5.25. The van der Waals surface area contributed by atoms with E-state index in [1.165, 1.54) is 44.7 Å². The Kier molecular flexibility index (Phi) is 4.24. The van der Waals surface area contributed by atoms with Crippen molar-refractivity contribution in [3.63, 3.8) is 0 Å². The number of primary amides is 1. The van der Waals surface area contributed by atoms with Crippen LogP contribution in [0, 0.1) is 5.92 Å². The molecule has 0 radical (unpaired) electrons. The number of rotatable bonds is 6. The molecule has 4 rings (SSSR count). The number of nitrogens with zero attached hydrogens (tertiary/aromatic N) is 2. The van der Waals surface area contributed by atoms with Crippen LogP contribution in [0.5, 0.6) is 0 Å². The molecule has 3 aliphatic carbocycles. The maximum atomic E-state index is 11.6. The molecule has 3 saturated carbocycles. The maximum absolute atomic E-state index is 11.6. The standard InChI is InChI=1S/C17H25N5O/c1-3-11(2)20-15-13(14(18)23)10-19-16(21-15)22-17-7-4-12(5-8-17)6-9-17/h10,12H,2-9H2,1H3,(H2,18,23)(H2,19,20,21,22). The van der Waals surface area contributed by atoms with E-state index in [1.807, 2.05) is 6.92 Å². The number of allylic oxidation sites excluding steroid dienone is 1. The molecule has 0 aromatic carbocycles. The number of hydrogen-bond donors (Lipinski definition) is 3. The minimum Gasteiger partial charge on any atom is -0.365 e. The van der Waals surface area contributed by atoms with E-state index >= 15 is 0 Å². The van der Waals surface area contributed by atoms with Gasteiger partial charge in [-0.1, -0.05) is 13.5 Å². The summed E-state index contributed by atoms with van der Waals surface area (Å²) in [6.45, 7) is 5.89. The normalized spacial score (nSPS) is 25.9. The van der Waals surface area contributed by atoms with Crippen LogP contribution in [-0.2, 0) is 0 Å². The van der Waals surface area contributed by atoms with E-state index < -0.39 is 5.91 Å². The minimum atomic E-state index is -0.542. The molecule has 4 N–H and O–H groups in total. The summed E-state index contributed by atoms with van der Waals surface area (Å²) in [5.41, 5.74) is 6.60. The Morgan fingerprint density at radius 1 is 1.39 bits per heavy atom. The lowest BCUT2D eigenvalue weighted by molar-refractivity contribution is 0.100. The monoisotopic (exact) mass is 315 g/mol. The van der Waals surface area contributed by atoms with Crippen LogP contribution in [0.15, 0.2) is 18.5 Å². The van der Waals surface area contributed by atoms with Gasteiger partial charge in [0.2, 0.25) is 5.95 Å². The fraction of sp³-hybridized carbons (Fsp3) is 0.588. The molecule has 0 saturated heterocycles. The van der Waals surface area contributed by atoms with Gasteiger partial charge in [0, 0.05) is 17.4 Å². The highest BCUT2D eigenvalue weighted by molar-refractivity contribution is 5.97. The number of anilines is 2. The smallest absolute Gasteiger partial charge is 0.254 e. The zero-order chi connectivity index (χ0) is 16.4. The third-order valence-corrected chi connectivity index (χ3v) is 5.25. The lowest BCUT2D eigenvalue weighted by Gasteiger charge is -2.47. The van der Waals surface area contributed by atoms with Gasteiger partial charge < -0.3 is 16.4 Å². The zero-order valence-electron chi connectivity index (χ0n) is 13.7. The molecule has 1 aromatic rings. The molecule has 0 unspecified atom stereocenters. The van der Waals surface area contributed by atoms with E-state index in [9.17, 15) is 4.79 Å². The highest BCUT2D eigenvalue weighted by Crippen LogP contribution is 2.45. The van der Waals surface area contributed by atoms with Gasteiger partial charge in [-0.3, -0.25) is 4.79 Å². The first-order chi connectivity index (χ1) is 11.0. The van der Waals surface area contributed by atoms with Gasteiger partial charge in [-0.25, -0.2) is 4.98 Å². The quantitative estimate of drug-likeness (QED) is 0.750. The van der Waals surface area contributed by atoms with Gasteiger partial charge in [-0.05, 0) is 50.9 Å². The van der Waals surface area contributed by atoms with E-state index in [2.05, 4.69) is 27.2 Å². The fourth-order valence-corrected chi connectivity index (χ4v) is 3.65. The van der Waals surface area contributed by atoms with Gasteiger partial charge in [0.1, 0.15) is 11.4 Å². The zero-order valence-corrected chi connectivity index (χ0v) is 13.7. The molecule has 0 aliphatic heterocycles. The Morgan fingerprint density at radius 3 is 2.61 bits per heavy atom. The molecule has 2 bridgehead atoms. The summed E-state index contributed by atoms with van der Waals surface area (Å²) in [7, 11) is 0. The van der Waals surface area contributed by atoms with Crippen LogP contribution >= 0.6 is 0 Å². The molecular weight excluding hydrogens is 290 g/mol. The van der Waals surface area contributed by atoms with Gasteiger partial charge >= 0.3 is 0 Å². The minimum absolute atomic E-state index is 0.113. The van der Waals surface area contributed by atoms with Crippen molar-refractivity contribution in [3.8, 4) is 0 Å². The van der Waals surface area contributed by atoms with E-state index in [0.717, 1.165) is 18.0 Å². The molecule has 1 amide bonds. The molecule has 6 nitrogen and oxygen atoms in total. The first-order valence-corrected chi connectivity index (χ1v) is 8.41. The van der Waals surface area contributed by atoms with Crippen LogP contribution in [0.2, 0.25) is 0 Å². The molecule has 0 atom stereocenters. The summed E-state index contributed by atoms with van der Waals surface area (Å²) in [6.07, 6.45) is 9.60. The molecule has 6 heteroatoms. The molecular formula is C17H25N5O. The first kappa shape index (κ1) is 15.8. The number of fused-ring (bicyclic) bond motifs is 3. The van der Waals surface area contributed by atoms with Crippen molar-refractivity contribution in [2.45, 2.75) is 57.4 Å². The molecule has 3 fully saturated rings. The predicted molar refractivity (Wildman–Crippen MR) is 91.1 cm³/mol. The van der Waals surface area contributed by atoms with Gasteiger partial charge in [-0.2, -0.15) is 4.98 Å². The number of nitrogens with two attached hydrogens (primary N) is 1. The van der Waals surface area contributed by atoms with Crippen LogP contribution in [0.1, 0.15) is 62.2 Å². The van der Waals surface area contributed by atoms with Gasteiger partial charge in [0.25, 0.3) is 5.91 Å². The number of nitrogens with one attached hydrogen (secondary N) is 2. The Bertz CT molecular complexity index is 606. The number of amides is 1. The fourth-order valence-electron chi connectivity index (χ4n) is 3.65. The van der Waals surface area contributed by atoms with Crippen molar-refractivity contribution < 1.29 is 4.79 Å². The highest BCUT2D eigenvalue weighted by Gasteiger charge is 2.40. The number of hydrogen-bond acceptors (Lipinski definition) is 5. The van der Waals surface area contributed by atoms with Crippen LogP contribution in [0.25, 0.3) is 0 Å². The summed E-state index contributed by atoms with van der Waals surface area (Å²) in [4.78, 5) is 20.4. The SMILES string of the molecule is C=C(CC)Nc1nc(NC23CCC(CC2)CC3)ncc1C(N)=O. The van der Waals surface area contributed by atoms with Gasteiger partial charge in [-0.15, -0.1) is 0 Å². The van der Waals surface area contributed by atoms with Crippen molar-refractivity contribution >= 4 is 17.7 Å². The largest absolute Gasteiger partial charge is 0.365 e. The van der Waals surface area contributed by atoms with E-state index in [4.69, 9.17) is 5.73 Å². The van der Waals surface area contributed by atoms with E-state index in [0.29, 0.717) is 11.8 Å². The summed E-state index contributed by atoms with van der Waals surface area (Å²) >= 11 is 0. The lowest BCUT2D eigenvalue weighted by atomic mass is 9.66. The van der Waals surface area contributed by atoms with Crippen molar-refractivity contribution in [2.75, 3.05) is 10.6 Å². The Hall–Kier alpha value is -2.11. The van der Waals surface area contributed by atoms with Crippen molar-refractivity contribution in [1.29, 1.82) is 0 Å². The Labute approximate surface area is 137 Å². The van der Waals surface area contributed by atoms with Crippen LogP contribution < -0.4 is 16.4 Å². The number of aromatic nitrogens is 2. The molecule has 1 heterocycles. The Morgan fingerprint density at radius 2 is 2.04 bits per heavy atom. The van der Waals surface area contributed by atoms with Crippen molar-refractivity contribution in [1.82, 2.24) is 9.97 Å². The third kappa shape index (κ3) is 3.30. The predicted octanol–water partition coefficient (Wildman–Crippen LogP) is 3.05. The van der Waals surface area contributed by atoms with E-state index in [1.54, 1.807) is 0 Å². The lowest BCUT2D eigenvalue weighted by Crippen LogP contribution is -2.46. The summed E-state index contributed by atoms with van der Waals surface area (Å²) in [5, 5.41) is 6.61. The van der Waals surface area contributed by atoms with Crippen LogP contribution in [0.4, 0.5) is 11.8 Å².